The van der Waals surface area contributed by atoms with E-state index < -0.39 is 0 Å². The molecule has 18 heavy (non-hydrogen) atoms. The highest BCUT2D eigenvalue weighted by molar-refractivity contribution is 9.10. The summed E-state index contributed by atoms with van der Waals surface area (Å²) in [4.78, 5) is 14.3. The quantitative estimate of drug-likeness (QED) is 0.808. The summed E-state index contributed by atoms with van der Waals surface area (Å²) in [5, 5.41) is 0. The van der Waals surface area contributed by atoms with Crippen LogP contribution in [0, 0.1) is 5.92 Å². The van der Waals surface area contributed by atoms with E-state index in [4.69, 9.17) is 4.74 Å². The van der Waals surface area contributed by atoms with E-state index in [0.29, 0.717) is 24.8 Å². The van der Waals surface area contributed by atoms with Gasteiger partial charge in [-0.1, -0.05) is 13.8 Å². The number of amides is 1. The largest absolute Gasteiger partial charge is 0.383 e. The van der Waals surface area contributed by atoms with Crippen molar-refractivity contribution in [3.63, 3.8) is 0 Å². The highest BCUT2D eigenvalue weighted by Crippen LogP contribution is 2.16. The molecular weight excluding hydrogens is 296 g/mol. The predicted molar refractivity (Wildman–Crippen MR) is 75.7 cm³/mol. The van der Waals surface area contributed by atoms with Gasteiger partial charge in [0, 0.05) is 37.9 Å². The molecule has 0 N–H and O–H groups in total. The number of aromatic nitrogens is 1. The molecule has 0 aromatic carbocycles. The lowest BCUT2D eigenvalue weighted by atomic mass is 10.2. The van der Waals surface area contributed by atoms with Gasteiger partial charge < -0.3 is 14.2 Å². The molecule has 0 aliphatic rings. The summed E-state index contributed by atoms with van der Waals surface area (Å²) in [5.74, 6) is 0.489. The molecule has 1 aromatic heterocycles. The third-order valence-electron chi connectivity index (χ3n) is 2.63. The number of hydrogen-bond donors (Lipinski definition) is 0. The van der Waals surface area contributed by atoms with Crippen LogP contribution in [-0.2, 0) is 11.8 Å². The molecule has 102 valence electrons. The molecule has 1 rings (SSSR count). The number of rotatable bonds is 6. The number of carbonyl (C=O) groups excluding carboxylic acids is 1. The van der Waals surface area contributed by atoms with Crippen molar-refractivity contribution in [1.82, 2.24) is 9.47 Å². The maximum absolute atomic E-state index is 12.4. The minimum atomic E-state index is 0.0500. The molecule has 0 bridgehead atoms. The smallest absolute Gasteiger partial charge is 0.270 e. The van der Waals surface area contributed by atoms with Crippen LogP contribution in [-0.4, -0.2) is 42.2 Å². The summed E-state index contributed by atoms with van der Waals surface area (Å²) in [6.45, 7) is 6.13. The van der Waals surface area contributed by atoms with E-state index in [0.717, 1.165) is 11.0 Å². The third-order valence-corrected chi connectivity index (χ3v) is 3.06. The number of hydrogen-bond acceptors (Lipinski definition) is 2. The summed E-state index contributed by atoms with van der Waals surface area (Å²) >= 11 is 3.39. The second-order valence-corrected chi connectivity index (χ2v) is 5.71. The Labute approximate surface area is 117 Å². The van der Waals surface area contributed by atoms with Crippen molar-refractivity contribution in [2.75, 3.05) is 26.8 Å². The Bertz CT molecular complexity index is 402. The van der Waals surface area contributed by atoms with Crippen LogP contribution in [0.3, 0.4) is 0 Å². The Morgan fingerprint density at radius 2 is 2.22 bits per heavy atom. The van der Waals surface area contributed by atoms with Crippen LogP contribution in [0.1, 0.15) is 24.3 Å². The molecule has 0 fully saturated rings. The zero-order valence-electron chi connectivity index (χ0n) is 11.4. The van der Waals surface area contributed by atoms with Gasteiger partial charge in [0.2, 0.25) is 0 Å². The van der Waals surface area contributed by atoms with Gasteiger partial charge in [-0.3, -0.25) is 4.79 Å². The van der Waals surface area contributed by atoms with E-state index >= 15 is 0 Å². The highest BCUT2D eigenvalue weighted by Gasteiger charge is 2.19. The SMILES string of the molecule is COCCN(CC(C)C)C(=O)c1cc(Br)cn1C. The Hall–Kier alpha value is -0.810. The molecule has 0 aliphatic carbocycles. The van der Waals surface area contributed by atoms with E-state index in [1.165, 1.54) is 0 Å². The van der Waals surface area contributed by atoms with Gasteiger partial charge >= 0.3 is 0 Å². The molecular formula is C13H21BrN2O2. The lowest BCUT2D eigenvalue weighted by Gasteiger charge is -2.24. The standard InChI is InChI=1S/C13H21BrN2O2/c1-10(2)8-16(5-6-18-4)13(17)12-7-11(14)9-15(12)3/h7,9-10H,5-6,8H2,1-4H3. The molecule has 5 heteroatoms. The van der Waals surface area contributed by atoms with Crippen molar-refractivity contribution in [1.29, 1.82) is 0 Å². The normalized spacial score (nSPS) is 11.0. The van der Waals surface area contributed by atoms with Gasteiger partial charge in [-0.05, 0) is 27.9 Å². The van der Waals surface area contributed by atoms with Crippen molar-refractivity contribution < 1.29 is 9.53 Å². The van der Waals surface area contributed by atoms with Gasteiger partial charge in [0.15, 0.2) is 0 Å². The molecule has 0 unspecified atom stereocenters. The fourth-order valence-corrected chi connectivity index (χ4v) is 2.34. The van der Waals surface area contributed by atoms with Crippen molar-refractivity contribution in [3.05, 3.63) is 22.4 Å². The Morgan fingerprint density at radius 1 is 1.56 bits per heavy atom. The number of halogens is 1. The van der Waals surface area contributed by atoms with Crippen LogP contribution >= 0.6 is 15.9 Å². The highest BCUT2D eigenvalue weighted by atomic mass is 79.9. The summed E-state index contributed by atoms with van der Waals surface area (Å²) < 4.78 is 7.83. The average molecular weight is 317 g/mol. The van der Waals surface area contributed by atoms with E-state index in [2.05, 4.69) is 29.8 Å². The minimum Gasteiger partial charge on any atom is -0.383 e. The second kappa shape index (κ2) is 6.95. The first-order valence-corrected chi connectivity index (χ1v) is 6.85. The maximum Gasteiger partial charge on any atom is 0.270 e. The predicted octanol–water partition coefficient (Wildman–Crippen LogP) is 2.53. The molecule has 0 radical (unpaired) electrons. The molecule has 4 nitrogen and oxygen atoms in total. The van der Waals surface area contributed by atoms with E-state index in [-0.39, 0.29) is 5.91 Å². The fraction of sp³-hybridized carbons (Fsp3) is 0.615. The van der Waals surface area contributed by atoms with Gasteiger partial charge in [-0.25, -0.2) is 0 Å². The number of nitrogens with zero attached hydrogens (tertiary/aromatic N) is 2. The Balaban J connectivity index is 2.83. The minimum absolute atomic E-state index is 0.0500. The summed E-state index contributed by atoms with van der Waals surface area (Å²) in [5.41, 5.74) is 0.693. The van der Waals surface area contributed by atoms with Crippen LogP contribution in [0.4, 0.5) is 0 Å². The van der Waals surface area contributed by atoms with Gasteiger partial charge in [0.1, 0.15) is 5.69 Å². The van der Waals surface area contributed by atoms with Crippen LogP contribution in [0.5, 0.6) is 0 Å². The van der Waals surface area contributed by atoms with Crippen LogP contribution in [0.2, 0.25) is 0 Å². The molecule has 1 amide bonds. The van der Waals surface area contributed by atoms with Crippen LogP contribution < -0.4 is 0 Å². The molecule has 0 saturated heterocycles. The second-order valence-electron chi connectivity index (χ2n) is 4.79. The number of carbonyl (C=O) groups is 1. The zero-order chi connectivity index (χ0) is 13.7. The van der Waals surface area contributed by atoms with Gasteiger partial charge in [0.25, 0.3) is 5.91 Å². The van der Waals surface area contributed by atoms with Crippen LogP contribution in [0.15, 0.2) is 16.7 Å². The molecule has 1 aromatic rings. The average Bonchev–Trinajstić information content (AvgIpc) is 2.62. The van der Waals surface area contributed by atoms with Crippen molar-refractivity contribution >= 4 is 21.8 Å². The van der Waals surface area contributed by atoms with Gasteiger partial charge in [-0.2, -0.15) is 0 Å². The van der Waals surface area contributed by atoms with Crippen molar-refractivity contribution in [2.24, 2.45) is 13.0 Å². The number of aryl methyl sites for hydroxylation is 1. The van der Waals surface area contributed by atoms with E-state index in [1.807, 2.05) is 28.8 Å². The molecule has 1 heterocycles. The van der Waals surface area contributed by atoms with E-state index in [9.17, 15) is 4.79 Å². The Kier molecular flexibility index (Phi) is 5.88. The zero-order valence-corrected chi connectivity index (χ0v) is 13.0. The number of ether oxygens (including phenoxy) is 1. The summed E-state index contributed by atoms with van der Waals surface area (Å²) in [6.07, 6.45) is 1.89. The monoisotopic (exact) mass is 316 g/mol. The van der Waals surface area contributed by atoms with Crippen molar-refractivity contribution in [2.45, 2.75) is 13.8 Å². The maximum atomic E-state index is 12.4. The third kappa shape index (κ3) is 4.14. The van der Waals surface area contributed by atoms with Crippen LogP contribution in [0.25, 0.3) is 0 Å². The Morgan fingerprint density at radius 3 is 2.67 bits per heavy atom. The summed E-state index contributed by atoms with van der Waals surface area (Å²) in [7, 11) is 3.53. The molecule has 0 spiro atoms. The first-order valence-electron chi connectivity index (χ1n) is 6.05. The van der Waals surface area contributed by atoms with Gasteiger partial charge in [-0.15, -0.1) is 0 Å². The molecule has 0 saturated carbocycles. The first kappa shape index (κ1) is 15.2. The van der Waals surface area contributed by atoms with E-state index in [1.54, 1.807) is 7.11 Å². The molecule has 0 atom stereocenters. The molecule has 0 aliphatic heterocycles. The lowest BCUT2D eigenvalue weighted by molar-refractivity contribution is 0.0663. The fourth-order valence-electron chi connectivity index (χ4n) is 1.82. The lowest BCUT2D eigenvalue weighted by Crippen LogP contribution is -2.37. The number of methoxy groups -OCH3 is 1. The first-order chi connectivity index (χ1) is 8.45. The van der Waals surface area contributed by atoms with Gasteiger partial charge in [0.05, 0.1) is 6.61 Å². The van der Waals surface area contributed by atoms with Crippen molar-refractivity contribution in [3.8, 4) is 0 Å². The summed E-state index contributed by atoms with van der Waals surface area (Å²) in [6, 6.07) is 1.85. The topological polar surface area (TPSA) is 34.5 Å².